The minimum Gasteiger partial charge on any atom is -0.368 e. The van der Waals surface area contributed by atoms with Crippen LogP contribution >= 0.6 is 27.5 Å². The van der Waals surface area contributed by atoms with Crippen LogP contribution in [-0.2, 0) is 0 Å². The molecule has 1 aromatic rings. The van der Waals surface area contributed by atoms with Crippen molar-refractivity contribution < 1.29 is 8.78 Å². The highest BCUT2D eigenvalue weighted by molar-refractivity contribution is 9.10. The standard InChI is InChI=1S/C5H3BrClF2N3/c6-1-2(4(8)9)11-5(10)12-3(1)7/h4H,(H2,10,11,12). The molecule has 0 unspecified atom stereocenters. The summed E-state index contributed by atoms with van der Waals surface area (Å²) in [6.45, 7) is 0. The topological polar surface area (TPSA) is 51.8 Å². The second-order valence-electron chi connectivity index (χ2n) is 1.87. The van der Waals surface area contributed by atoms with Crippen LogP contribution in [0, 0.1) is 0 Å². The smallest absolute Gasteiger partial charge is 0.281 e. The first kappa shape index (κ1) is 9.60. The van der Waals surface area contributed by atoms with Gasteiger partial charge in [0, 0.05) is 0 Å². The lowest BCUT2D eigenvalue weighted by atomic mass is 10.4. The maximum Gasteiger partial charge on any atom is 0.281 e. The Morgan fingerprint density at radius 3 is 2.50 bits per heavy atom. The Hall–Kier alpha value is -0.490. The average Bonchev–Trinajstić information content (AvgIpc) is 1.96. The SMILES string of the molecule is Nc1nc(Cl)c(Br)c(C(F)F)n1. The Balaban J connectivity index is 3.28. The molecule has 3 nitrogen and oxygen atoms in total. The number of anilines is 1. The van der Waals surface area contributed by atoms with Crippen molar-refractivity contribution in [2.45, 2.75) is 6.43 Å². The molecule has 2 N–H and O–H groups in total. The Bertz CT molecular complexity index is 307. The molecule has 1 aromatic heterocycles. The molecule has 0 fully saturated rings. The molecule has 0 aliphatic rings. The summed E-state index contributed by atoms with van der Waals surface area (Å²) in [5.74, 6) is -0.265. The number of alkyl halides is 2. The fourth-order valence-corrected chi connectivity index (χ4v) is 1.13. The molecule has 0 aliphatic heterocycles. The van der Waals surface area contributed by atoms with E-state index in [-0.39, 0.29) is 15.6 Å². The molecule has 0 saturated heterocycles. The maximum atomic E-state index is 12.2. The number of hydrogen-bond donors (Lipinski definition) is 1. The molecule has 0 spiro atoms. The minimum absolute atomic E-state index is 0.0200. The third kappa shape index (κ3) is 1.81. The highest BCUT2D eigenvalue weighted by atomic mass is 79.9. The van der Waals surface area contributed by atoms with Gasteiger partial charge in [0.25, 0.3) is 6.43 Å². The quantitative estimate of drug-likeness (QED) is 0.787. The van der Waals surface area contributed by atoms with Crippen molar-refractivity contribution in [3.63, 3.8) is 0 Å². The summed E-state index contributed by atoms with van der Waals surface area (Å²) in [5.41, 5.74) is 4.61. The van der Waals surface area contributed by atoms with Gasteiger partial charge in [-0.05, 0) is 15.9 Å². The second-order valence-corrected chi connectivity index (χ2v) is 3.02. The van der Waals surface area contributed by atoms with E-state index < -0.39 is 12.1 Å². The molecule has 66 valence electrons. The molecular formula is C5H3BrClF2N3. The zero-order valence-electron chi connectivity index (χ0n) is 5.56. The van der Waals surface area contributed by atoms with Gasteiger partial charge < -0.3 is 5.73 Å². The van der Waals surface area contributed by atoms with E-state index in [1.807, 2.05) is 0 Å². The van der Waals surface area contributed by atoms with Crippen LogP contribution in [0.4, 0.5) is 14.7 Å². The summed E-state index contributed by atoms with van der Waals surface area (Å²) in [6, 6.07) is 0. The van der Waals surface area contributed by atoms with E-state index in [2.05, 4.69) is 25.9 Å². The number of hydrogen-bond acceptors (Lipinski definition) is 3. The third-order valence-electron chi connectivity index (χ3n) is 1.06. The first-order chi connectivity index (χ1) is 5.52. The Kier molecular flexibility index (Phi) is 2.79. The Morgan fingerprint density at radius 2 is 2.00 bits per heavy atom. The van der Waals surface area contributed by atoms with Crippen LogP contribution in [0.15, 0.2) is 4.47 Å². The summed E-state index contributed by atoms with van der Waals surface area (Å²) in [6.07, 6.45) is -2.72. The lowest BCUT2D eigenvalue weighted by Crippen LogP contribution is -2.01. The highest BCUT2D eigenvalue weighted by Gasteiger charge is 2.17. The average molecular weight is 258 g/mol. The van der Waals surface area contributed by atoms with E-state index >= 15 is 0 Å². The summed E-state index contributed by atoms with van der Waals surface area (Å²) in [5, 5.41) is -0.113. The van der Waals surface area contributed by atoms with E-state index in [0.717, 1.165) is 0 Å². The molecule has 1 heterocycles. The number of rotatable bonds is 1. The molecule has 0 aliphatic carbocycles. The van der Waals surface area contributed by atoms with Crippen molar-refractivity contribution in [1.29, 1.82) is 0 Å². The number of nitrogens with two attached hydrogens (primary N) is 1. The molecule has 0 radical (unpaired) electrons. The van der Waals surface area contributed by atoms with Crippen molar-refractivity contribution in [3.8, 4) is 0 Å². The van der Waals surface area contributed by atoms with Crippen molar-refractivity contribution in [2.75, 3.05) is 5.73 Å². The van der Waals surface area contributed by atoms with Gasteiger partial charge in [-0.2, -0.15) is 0 Å². The number of aromatic nitrogens is 2. The van der Waals surface area contributed by atoms with Crippen LogP contribution in [0.5, 0.6) is 0 Å². The lowest BCUT2D eigenvalue weighted by molar-refractivity contribution is 0.145. The molecule has 12 heavy (non-hydrogen) atoms. The summed E-state index contributed by atoms with van der Waals surface area (Å²) in [4.78, 5) is 6.79. The van der Waals surface area contributed by atoms with Gasteiger partial charge in [0.05, 0.1) is 4.47 Å². The second kappa shape index (κ2) is 3.49. The van der Waals surface area contributed by atoms with E-state index in [1.54, 1.807) is 0 Å². The first-order valence-corrected chi connectivity index (χ1v) is 3.96. The van der Waals surface area contributed by atoms with Crippen molar-refractivity contribution in [3.05, 3.63) is 15.3 Å². The molecule has 7 heteroatoms. The molecule has 0 amide bonds. The van der Waals surface area contributed by atoms with Gasteiger partial charge in [0.15, 0.2) is 0 Å². The minimum atomic E-state index is -2.72. The van der Waals surface area contributed by atoms with Crippen LogP contribution < -0.4 is 5.73 Å². The molecule has 1 rings (SSSR count). The van der Waals surface area contributed by atoms with Gasteiger partial charge in [-0.25, -0.2) is 18.7 Å². The van der Waals surface area contributed by atoms with Gasteiger partial charge >= 0.3 is 0 Å². The Morgan fingerprint density at radius 1 is 1.42 bits per heavy atom. The largest absolute Gasteiger partial charge is 0.368 e. The van der Waals surface area contributed by atoms with Crippen LogP contribution in [0.1, 0.15) is 12.1 Å². The summed E-state index contributed by atoms with van der Waals surface area (Å²) < 4.78 is 24.3. The van der Waals surface area contributed by atoms with Crippen LogP contribution in [0.25, 0.3) is 0 Å². The molecular weight excluding hydrogens is 255 g/mol. The van der Waals surface area contributed by atoms with Crippen molar-refractivity contribution in [2.24, 2.45) is 0 Å². The van der Waals surface area contributed by atoms with Gasteiger partial charge in [-0.15, -0.1) is 0 Å². The van der Waals surface area contributed by atoms with Gasteiger partial charge in [0.1, 0.15) is 10.8 Å². The highest BCUT2D eigenvalue weighted by Crippen LogP contribution is 2.30. The summed E-state index contributed by atoms with van der Waals surface area (Å²) >= 11 is 8.27. The van der Waals surface area contributed by atoms with E-state index in [4.69, 9.17) is 17.3 Å². The predicted molar refractivity (Wildman–Crippen MR) is 44.1 cm³/mol. The fourth-order valence-electron chi connectivity index (χ4n) is 0.597. The zero-order chi connectivity index (χ0) is 9.30. The van der Waals surface area contributed by atoms with Gasteiger partial charge in [-0.1, -0.05) is 11.6 Å². The van der Waals surface area contributed by atoms with Gasteiger partial charge in [-0.3, -0.25) is 0 Å². The van der Waals surface area contributed by atoms with E-state index in [9.17, 15) is 8.78 Å². The summed E-state index contributed by atoms with van der Waals surface area (Å²) in [7, 11) is 0. The first-order valence-electron chi connectivity index (χ1n) is 2.79. The number of nitrogens with zero attached hydrogens (tertiary/aromatic N) is 2. The van der Waals surface area contributed by atoms with Crippen LogP contribution in [-0.4, -0.2) is 9.97 Å². The monoisotopic (exact) mass is 257 g/mol. The van der Waals surface area contributed by atoms with Crippen LogP contribution in [0.2, 0.25) is 5.15 Å². The lowest BCUT2D eigenvalue weighted by Gasteiger charge is -2.03. The van der Waals surface area contributed by atoms with Crippen molar-refractivity contribution >= 4 is 33.5 Å². The third-order valence-corrected chi connectivity index (χ3v) is 2.34. The van der Waals surface area contributed by atoms with Gasteiger partial charge in [0.2, 0.25) is 5.95 Å². The van der Waals surface area contributed by atoms with Crippen molar-refractivity contribution in [1.82, 2.24) is 9.97 Å². The molecule has 0 bridgehead atoms. The molecule has 0 aromatic carbocycles. The number of nitrogen functional groups attached to an aromatic ring is 1. The fraction of sp³-hybridized carbons (Fsp3) is 0.200. The molecule has 0 atom stereocenters. The number of halogens is 4. The van der Waals surface area contributed by atoms with E-state index in [0.29, 0.717) is 0 Å². The maximum absolute atomic E-state index is 12.2. The van der Waals surface area contributed by atoms with E-state index in [1.165, 1.54) is 0 Å². The normalized spacial score (nSPS) is 10.8. The Labute approximate surface area is 80.1 Å². The zero-order valence-corrected chi connectivity index (χ0v) is 7.90. The van der Waals surface area contributed by atoms with Crippen LogP contribution in [0.3, 0.4) is 0 Å². The predicted octanol–water partition coefficient (Wildman–Crippen LogP) is 2.41. The molecule has 0 saturated carbocycles.